The van der Waals surface area contributed by atoms with Crippen LogP contribution >= 0.6 is 0 Å². The summed E-state index contributed by atoms with van der Waals surface area (Å²) in [5, 5.41) is 9.65. The Labute approximate surface area is 162 Å². The minimum Gasteiger partial charge on any atom is -0.496 e. The first-order valence-corrected chi connectivity index (χ1v) is 10.1. The van der Waals surface area contributed by atoms with Gasteiger partial charge in [-0.15, -0.1) is 0 Å². The van der Waals surface area contributed by atoms with Gasteiger partial charge in [0.05, 0.1) is 13.7 Å². The molecule has 2 heterocycles. The standard InChI is InChI=1S/C23H30N2O2/c1-27-23-10-9-19(12-20(23)17-26)14-25-15-21-8-5-11-24(21)16-22(25)13-18-6-3-2-4-7-18/h2-4,6-7,9-10,12,21-22,26H,5,8,11,13-17H2,1H3/t21-,22-/m0/s1. The van der Waals surface area contributed by atoms with Crippen LogP contribution in [0.1, 0.15) is 29.5 Å². The molecule has 0 amide bonds. The lowest BCUT2D eigenvalue weighted by Gasteiger charge is -2.44. The summed E-state index contributed by atoms with van der Waals surface area (Å²) in [5.74, 6) is 0.766. The van der Waals surface area contributed by atoms with Crippen LogP contribution in [0.2, 0.25) is 0 Å². The summed E-state index contributed by atoms with van der Waals surface area (Å²) in [4.78, 5) is 5.35. The summed E-state index contributed by atoms with van der Waals surface area (Å²) in [6, 6.07) is 18.3. The second kappa shape index (κ2) is 8.42. The predicted octanol–water partition coefficient (Wildman–Crippen LogP) is 3.08. The molecule has 2 fully saturated rings. The fourth-order valence-corrected chi connectivity index (χ4v) is 4.71. The highest BCUT2D eigenvalue weighted by Gasteiger charge is 2.36. The number of nitrogens with zero attached hydrogens (tertiary/aromatic N) is 2. The molecule has 2 atom stereocenters. The van der Waals surface area contributed by atoms with Gasteiger partial charge in [-0.05, 0) is 49.1 Å². The maximum Gasteiger partial charge on any atom is 0.124 e. The highest BCUT2D eigenvalue weighted by atomic mass is 16.5. The van der Waals surface area contributed by atoms with Gasteiger partial charge in [-0.25, -0.2) is 0 Å². The first-order chi connectivity index (χ1) is 13.3. The zero-order valence-corrected chi connectivity index (χ0v) is 16.2. The van der Waals surface area contributed by atoms with Crippen molar-refractivity contribution in [1.29, 1.82) is 0 Å². The average molecular weight is 367 g/mol. The molecule has 1 N–H and O–H groups in total. The highest BCUT2D eigenvalue weighted by molar-refractivity contribution is 5.37. The number of piperazine rings is 1. The lowest BCUT2D eigenvalue weighted by molar-refractivity contribution is 0.0455. The van der Waals surface area contributed by atoms with Gasteiger partial charge in [-0.2, -0.15) is 0 Å². The van der Waals surface area contributed by atoms with Crippen LogP contribution in [-0.4, -0.2) is 53.7 Å². The van der Waals surface area contributed by atoms with E-state index in [9.17, 15) is 5.11 Å². The quantitative estimate of drug-likeness (QED) is 0.852. The third-order valence-electron chi connectivity index (χ3n) is 6.12. The van der Waals surface area contributed by atoms with E-state index in [-0.39, 0.29) is 6.61 Å². The molecule has 2 aromatic rings. The van der Waals surface area contributed by atoms with Crippen molar-refractivity contribution in [2.45, 2.75) is 44.5 Å². The molecular weight excluding hydrogens is 336 g/mol. The van der Waals surface area contributed by atoms with Gasteiger partial charge < -0.3 is 9.84 Å². The SMILES string of the molecule is COc1ccc(CN2C[C@@H]3CCCN3C[C@@H]2Cc2ccccc2)cc1CO. The van der Waals surface area contributed by atoms with Crippen LogP contribution in [0.25, 0.3) is 0 Å². The Kier molecular flexibility index (Phi) is 5.77. The van der Waals surface area contributed by atoms with Crippen LogP contribution in [0.3, 0.4) is 0 Å². The molecule has 0 aromatic heterocycles. The number of aliphatic hydroxyl groups excluding tert-OH is 1. The fourth-order valence-electron chi connectivity index (χ4n) is 4.71. The monoisotopic (exact) mass is 366 g/mol. The molecule has 2 aliphatic heterocycles. The Morgan fingerprint density at radius 2 is 1.93 bits per heavy atom. The predicted molar refractivity (Wildman–Crippen MR) is 108 cm³/mol. The lowest BCUT2D eigenvalue weighted by Crippen LogP contribution is -2.56. The van der Waals surface area contributed by atoms with E-state index >= 15 is 0 Å². The van der Waals surface area contributed by atoms with Crippen LogP contribution in [0.15, 0.2) is 48.5 Å². The van der Waals surface area contributed by atoms with Crippen LogP contribution in [0, 0.1) is 0 Å². The Morgan fingerprint density at radius 3 is 2.70 bits per heavy atom. The summed E-state index contributed by atoms with van der Waals surface area (Å²) in [7, 11) is 1.66. The fraction of sp³-hybridized carbons (Fsp3) is 0.478. The molecule has 4 heteroatoms. The van der Waals surface area contributed by atoms with Gasteiger partial charge in [0.1, 0.15) is 5.75 Å². The molecule has 4 nitrogen and oxygen atoms in total. The van der Waals surface area contributed by atoms with Crippen molar-refractivity contribution in [3.8, 4) is 5.75 Å². The average Bonchev–Trinajstić information content (AvgIpc) is 3.16. The Bertz CT molecular complexity index is 749. The van der Waals surface area contributed by atoms with Crippen molar-refractivity contribution in [3.05, 3.63) is 65.2 Å². The summed E-state index contributed by atoms with van der Waals surface area (Å²) < 4.78 is 5.36. The molecule has 4 rings (SSSR count). The van der Waals surface area contributed by atoms with Gasteiger partial charge in [0.15, 0.2) is 0 Å². The second-order valence-electron chi connectivity index (χ2n) is 7.87. The summed E-state index contributed by atoms with van der Waals surface area (Å²) >= 11 is 0. The number of fused-ring (bicyclic) bond motifs is 1. The van der Waals surface area contributed by atoms with Crippen molar-refractivity contribution < 1.29 is 9.84 Å². The molecule has 2 saturated heterocycles. The third-order valence-corrected chi connectivity index (χ3v) is 6.12. The Hall–Kier alpha value is -1.88. The van der Waals surface area contributed by atoms with Crippen molar-refractivity contribution in [1.82, 2.24) is 9.80 Å². The van der Waals surface area contributed by atoms with Gasteiger partial charge in [-0.1, -0.05) is 36.4 Å². The molecule has 2 aliphatic rings. The van der Waals surface area contributed by atoms with E-state index in [0.717, 1.165) is 37.4 Å². The van der Waals surface area contributed by atoms with Gasteiger partial charge in [0, 0.05) is 37.3 Å². The van der Waals surface area contributed by atoms with E-state index in [1.807, 2.05) is 6.07 Å². The van der Waals surface area contributed by atoms with E-state index in [1.54, 1.807) is 7.11 Å². The van der Waals surface area contributed by atoms with E-state index in [1.165, 1.54) is 30.5 Å². The van der Waals surface area contributed by atoms with E-state index in [4.69, 9.17) is 4.74 Å². The van der Waals surface area contributed by atoms with Crippen molar-refractivity contribution in [2.75, 3.05) is 26.7 Å². The van der Waals surface area contributed by atoms with E-state index in [0.29, 0.717) is 12.1 Å². The minimum absolute atomic E-state index is 0.0147. The molecule has 0 bridgehead atoms. The summed E-state index contributed by atoms with van der Waals surface area (Å²) in [5.41, 5.74) is 3.54. The number of methoxy groups -OCH3 is 1. The highest BCUT2D eigenvalue weighted by Crippen LogP contribution is 2.28. The van der Waals surface area contributed by atoms with Crippen molar-refractivity contribution >= 4 is 0 Å². The maximum absolute atomic E-state index is 9.65. The molecule has 2 aromatic carbocycles. The Balaban J connectivity index is 1.53. The van der Waals surface area contributed by atoms with Crippen molar-refractivity contribution in [3.63, 3.8) is 0 Å². The molecule has 144 valence electrons. The van der Waals surface area contributed by atoms with Crippen LogP contribution in [0.4, 0.5) is 0 Å². The molecule has 0 unspecified atom stereocenters. The number of benzene rings is 2. The van der Waals surface area contributed by atoms with Gasteiger partial charge >= 0.3 is 0 Å². The molecule has 0 saturated carbocycles. The minimum atomic E-state index is 0.0147. The normalized spacial score (nSPS) is 23.3. The number of aliphatic hydroxyl groups is 1. The molecule has 27 heavy (non-hydrogen) atoms. The van der Waals surface area contributed by atoms with Crippen LogP contribution in [-0.2, 0) is 19.6 Å². The van der Waals surface area contributed by atoms with Gasteiger partial charge in [0.25, 0.3) is 0 Å². The third kappa shape index (κ3) is 4.18. The Morgan fingerprint density at radius 1 is 1.07 bits per heavy atom. The lowest BCUT2D eigenvalue weighted by atomic mass is 9.98. The molecular formula is C23H30N2O2. The molecule has 0 spiro atoms. The van der Waals surface area contributed by atoms with Crippen LogP contribution in [0.5, 0.6) is 5.75 Å². The van der Waals surface area contributed by atoms with E-state index in [2.05, 4.69) is 52.3 Å². The zero-order chi connectivity index (χ0) is 18.6. The number of rotatable bonds is 6. The van der Waals surface area contributed by atoms with Gasteiger partial charge in [-0.3, -0.25) is 9.80 Å². The number of ether oxygens (including phenoxy) is 1. The molecule has 0 aliphatic carbocycles. The smallest absolute Gasteiger partial charge is 0.124 e. The zero-order valence-electron chi connectivity index (χ0n) is 16.2. The number of hydrogen-bond acceptors (Lipinski definition) is 4. The maximum atomic E-state index is 9.65. The molecule has 0 radical (unpaired) electrons. The summed E-state index contributed by atoms with van der Waals surface area (Å²) in [6.45, 7) is 4.49. The summed E-state index contributed by atoms with van der Waals surface area (Å²) in [6.07, 6.45) is 3.74. The van der Waals surface area contributed by atoms with Crippen LogP contribution < -0.4 is 4.74 Å². The number of hydrogen-bond donors (Lipinski definition) is 1. The van der Waals surface area contributed by atoms with Gasteiger partial charge in [0.2, 0.25) is 0 Å². The van der Waals surface area contributed by atoms with Crippen molar-refractivity contribution in [2.24, 2.45) is 0 Å². The topological polar surface area (TPSA) is 35.9 Å². The largest absolute Gasteiger partial charge is 0.496 e. The van der Waals surface area contributed by atoms with E-state index < -0.39 is 0 Å². The first kappa shape index (κ1) is 18.5. The second-order valence-corrected chi connectivity index (χ2v) is 7.87. The first-order valence-electron chi connectivity index (χ1n) is 10.1.